The summed E-state index contributed by atoms with van der Waals surface area (Å²) in [6.07, 6.45) is 0.353. The number of fused-ring (bicyclic) bond motifs is 1. The van der Waals surface area contributed by atoms with Gasteiger partial charge in [0, 0.05) is 0 Å². The van der Waals surface area contributed by atoms with Crippen LogP contribution in [0.15, 0.2) is 46.9 Å². The van der Waals surface area contributed by atoms with Crippen molar-refractivity contribution in [3.63, 3.8) is 0 Å². The lowest BCUT2D eigenvalue weighted by molar-refractivity contribution is 0.195. The van der Waals surface area contributed by atoms with Crippen LogP contribution in [0.25, 0.3) is 0 Å². The van der Waals surface area contributed by atoms with E-state index in [2.05, 4.69) is 16.6 Å². The molecule has 0 bridgehead atoms. The number of hydrogen-bond acceptors (Lipinski definition) is 3. The van der Waals surface area contributed by atoms with Crippen molar-refractivity contribution in [1.82, 2.24) is 0 Å². The summed E-state index contributed by atoms with van der Waals surface area (Å²) in [5.41, 5.74) is 0. The summed E-state index contributed by atoms with van der Waals surface area (Å²) in [7, 11) is 0. The van der Waals surface area contributed by atoms with E-state index in [0.29, 0.717) is 0 Å². The molecule has 0 aliphatic carbocycles. The van der Waals surface area contributed by atoms with E-state index in [0.717, 1.165) is 10.7 Å². The third-order valence-corrected chi connectivity index (χ3v) is 1.97. The van der Waals surface area contributed by atoms with Gasteiger partial charge in [-0.1, -0.05) is 18.2 Å². The van der Waals surface area contributed by atoms with Crippen molar-refractivity contribution in [2.75, 3.05) is 0 Å². The zero-order valence-electron chi connectivity index (χ0n) is 7.09. The first-order valence-corrected chi connectivity index (χ1v) is 4.12. The molecule has 3 heteroatoms. The van der Waals surface area contributed by atoms with Crippen LogP contribution in [0.1, 0.15) is 0 Å². The van der Waals surface area contributed by atoms with E-state index in [1.54, 1.807) is 0 Å². The minimum absolute atomic E-state index is 0.408. The molecule has 2 rings (SSSR count). The number of aliphatic hydroxyl groups is 1. The molecule has 13 heavy (non-hydrogen) atoms. The Balaban J connectivity index is 2.46. The average molecular weight is 174 g/mol. The van der Waals surface area contributed by atoms with Crippen LogP contribution in [-0.4, -0.2) is 17.4 Å². The van der Waals surface area contributed by atoms with Gasteiger partial charge in [-0.2, -0.15) is 0 Å². The molecule has 0 aromatic heterocycles. The molecule has 0 fully saturated rings. The zero-order valence-corrected chi connectivity index (χ0v) is 7.09. The smallest absolute Gasteiger partial charge is 0.170 e. The van der Waals surface area contributed by atoms with Crippen molar-refractivity contribution in [2.45, 2.75) is 12.3 Å². The van der Waals surface area contributed by atoms with Crippen molar-refractivity contribution >= 4 is 0 Å². The summed E-state index contributed by atoms with van der Waals surface area (Å²) in [6, 6.07) is 7.57. The Morgan fingerprint density at radius 2 is 1.85 bits per heavy atom. The molecule has 1 aromatic rings. The van der Waals surface area contributed by atoms with Gasteiger partial charge in [-0.25, -0.2) is 0 Å². The summed E-state index contributed by atoms with van der Waals surface area (Å²) >= 11 is 0. The second-order valence-electron chi connectivity index (χ2n) is 2.89. The molecule has 0 spiro atoms. The second kappa shape index (κ2) is 3.11. The number of para-hydroxylation sites is 2. The van der Waals surface area contributed by atoms with Crippen LogP contribution in [0.4, 0.5) is 0 Å². The summed E-state index contributed by atoms with van der Waals surface area (Å²) in [5.74, 6) is 0. The van der Waals surface area contributed by atoms with Gasteiger partial charge in [0.2, 0.25) is 0 Å². The van der Waals surface area contributed by atoms with Crippen molar-refractivity contribution in [2.24, 2.45) is 9.98 Å². The minimum atomic E-state index is -0.688. The molecule has 0 radical (unpaired) electrons. The highest BCUT2D eigenvalue weighted by molar-refractivity contribution is 5.05. The van der Waals surface area contributed by atoms with E-state index in [1.165, 1.54) is 6.08 Å². The Bertz CT molecular complexity index is 403. The van der Waals surface area contributed by atoms with Gasteiger partial charge in [0.1, 0.15) is 6.10 Å². The van der Waals surface area contributed by atoms with Crippen molar-refractivity contribution in [1.29, 1.82) is 0 Å². The second-order valence-corrected chi connectivity index (χ2v) is 2.89. The lowest BCUT2D eigenvalue weighted by atomic mass is 10.3. The van der Waals surface area contributed by atoms with Gasteiger partial charge < -0.3 is 5.11 Å². The molecule has 1 aliphatic heterocycles. The first-order valence-electron chi connectivity index (χ1n) is 4.12. The van der Waals surface area contributed by atoms with Crippen LogP contribution in [-0.2, 0) is 0 Å². The van der Waals surface area contributed by atoms with E-state index in [-0.39, 0.29) is 0 Å². The lowest BCUT2D eigenvalue weighted by Crippen LogP contribution is -2.19. The SMILES string of the molecule is C=CC(O)C1N=c2ccccc2=N1. The van der Waals surface area contributed by atoms with E-state index in [9.17, 15) is 5.11 Å². The predicted octanol–water partition coefficient (Wildman–Crippen LogP) is -0.188. The Hall–Kier alpha value is -1.48. The fraction of sp³-hybridized carbons (Fsp3) is 0.200. The summed E-state index contributed by atoms with van der Waals surface area (Å²) in [6.45, 7) is 3.50. The van der Waals surface area contributed by atoms with Crippen molar-refractivity contribution in [3.05, 3.63) is 47.6 Å². The average Bonchev–Trinajstić information content (AvgIpc) is 2.59. The summed E-state index contributed by atoms with van der Waals surface area (Å²) in [4.78, 5) is 8.47. The molecule has 1 unspecified atom stereocenters. The zero-order chi connectivity index (χ0) is 9.26. The monoisotopic (exact) mass is 174 g/mol. The van der Waals surface area contributed by atoms with Crippen LogP contribution >= 0.6 is 0 Å². The maximum Gasteiger partial charge on any atom is 0.170 e. The summed E-state index contributed by atoms with van der Waals surface area (Å²) < 4.78 is 0. The first-order chi connectivity index (χ1) is 6.31. The molecule has 0 saturated heterocycles. The standard InChI is InChI=1S/C10H10N2O/c1-2-9(13)10-11-7-5-3-4-6-8(7)12-10/h2-6,9-10,13H,1H2. The maximum atomic E-state index is 9.42. The van der Waals surface area contributed by atoms with Gasteiger partial charge in [-0.3, -0.25) is 9.98 Å². The molecular formula is C10H10N2O. The number of nitrogens with zero attached hydrogens (tertiary/aromatic N) is 2. The number of hydrogen-bond donors (Lipinski definition) is 1. The molecule has 1 aliphatic rings. The van der Waals surface area contributed by atoms with Crippen molar-refractivity contribution in [3.8, 4) is 0 Å². The normalized spacial score (nSPS) is 17.0. The van der Waals surface area contributed by atoms with E-state index in [4.69, 9.17) is 0 Å². The van der Waals surface area contributed by atoms with Gasteiger partial charge in [-0.05, 0) is 12.1 Å². The third-order valence-electron chi connectivity index (χ3n) is 1.97. The minimum Gasteiger partial charge on any atom is -0.385 e. The molecule has 1 N–H and O–H groups in total. The largest absolute Gasteiger partial charge is 0.385 e. The molecular weight excluding hydrogens is 164 g/mol. The number of rotatable bonds is 2. The lowest BCUT2D eigenvalue weighted by Gasteiger charge is -2.06. The molecule has 1 heterocycles. The summed E-state index contributed by atoms with van der Waals surface area (Å²) in [5, 5.41) is 11.1. The molecule has 1 atom stereocenters. The quantitative estimate of drug-likeness (QED) is 0.621. The van der Waals surface area contributed by atoms with E-state index < -0.39 is 12.3 Å². The van der Waals surface area contributed by atoms with Gasteiger partial charge in [0.05, 0.1) is 10.7 Å². The van der Waals surface area contributed by atoms with Gasteiger partial charge in [0.25, 0.3) is 0 Å². The number of aliphatic hydroxyl groups excluding tert-OH is 1. The maximum absolute atomic E-state index is 9.42. The van der Waals surface area contributed by atoms with Crippen LogP contribution in [0.3, 0.4) is 0 Å². The Morgan fingerprint density at radius 3 is 2.31 bits per heavy atom. The van der Waals surface area contributed by atoms with Crippen LogP contribution in [0.2, 0.25) is 0 Å². The topological polar surface area (TPSA) is 45.0 Å². The Kier molecular flexibility index (Phi) is 1.94. The molecule has 1 aromatic carbocycles. The Labute approximate surface area is 75.8 Å². The van der Waals surface area contributed by atoms with Gasteiger partial charge >= 0.3 is 0 Å². The Morgan fingerprint density at radius 1 is 1.31 bits per heavy atom. The highest BCUT2D eigenvalue weighted by Gasteiger charge is 2.16. The highest BCUT2D eigenvalue weighted by atomic mass is 16.3. The molecule has 66 valence electrons. The predicted molar refractivity (Wildman–Crippen MR) is 48.7 cm³/mol. The number of benzene rings is 1. The first kappa shape index (κ1) is 8.13. The highest BCUT2D eigenvalue weighted by Crippen LogP contribution is 2.02. The van der Waals surface area contributed by atoms with Crippen LogP contribution in [0, 0.1) is 0 Å². The molecule has 0 amide bonds. The van der Waals surface area contributed by atoms with Crippen molar-refractivity contribution < 1.29 is 5.11 Å². The van der Waals surface area contributed by atoms with Crippen LogP contribution in [0.5, 0.6) is 0 Å². The molecule has 3 nitrogen and oxygen atoms in total. The van der Waals surface area contributed by atoms with Crippen LogP contribution < -0.4 is 10.7 Å². The molecule has 0 saturated carbocycles. The fourth-order valence-electron chi connectivity index (χ4n) is 1.27. The van der Waals surface area contributed by atoms with Gasteiger partial charge in [0.15, 0.2) is 6.17 Å². The van der Waals surface area contributed by atoms with Gasteiger partial charge in [-0.15, -0.1) is 6.58 Å². The van der Waals surface area contributed by atoms with E-state index >= 15 is 0 Å². The third kappa shape index (κ3) is 1.38. The fourth-order valence-corrected chi connectivity index (χ4v) is 1.27. The van der Waals surface area contributed by atoms with E-state index in [1.807, 2.05) is 24.3 Å².